The Kier molecular flexibility index (Phi) is 5.01. The van der Waals surface area contributed by atoms with Crippen LogP contribution < -0.4 is 4.74 Å². The average Bonchev–Trinajstić information content (AvgIpc) is 3.23. The quantitative estimate of drug-likeness (QED) is 0.656. The van der Waals surface area contributed by atoms with E-state index in [4.69, 9.17) is 9.37 Å². The number of benzene rings is 1. The Hall–Kier alpha value is -2.55. The van der Waals surface area contributed by atoms with Crippen LogP contribution in [0.3, 0.4) is 0 Å². The lowest BCUT2D eigenvalue weighted by atomic mass is 10.1. The first kappa shape index (κ1) is 18.8. The number of halogens is 3. The Balaban J connectivity index is 1.40. The highest BCUT2D eigenvalue weighted by atomic mass is 19.4. The summed E-state index contributed by atoms with van der Waals surface area (Å²) in [7, 11) is 0. The van der Waals surface area contributed by atoms with E-state index in [9.17, 15) is 13.2 Å². The third-order valence-electron chi connectivity index (χ3n) is 5.07. The zero-order chi connectivity index (χ0) is 19.7. The molecule has 4 rings (SSSR count). The summed E-state index contributed by atoms with van der Waals surface area (Å²) in [6.45, 7) is 3.25. The van der Waals surface area contributed by atoms with Crippen molar-refractivity contribution in [3.05, 3.63) is 41.9 Å². The van der Waals surface area contributed by atoms with Crippen molar-refractivity contribution in [2.24, 2.45) is 0 Å². The highest BCUT2D eigenvalue weighted by Crippen LogP contribution is 2.31. The molecule has 9 heteroatoms. The molecule has 3 heterocycles. The molecule has 0 atom stereocenters. The van der Waals surface area contributed by atoms with Crippen molar-refractivity contribution in [3.63, 3.8) is 0 Å². The molecule has 0 unspecified atom stereocenters. The van der Waals surface area contributed by atoms with Gasteiger partial charge in [0.05, 0.1) is 5.52 Å². The third-order valence-corrected chi connectivity index (χ3v) is 5.07. The summed E-state index contributed by atoms with van der Waals surface area (Å²) in [6.07, 6.45) is -1.09. The second kappa shape index (κ2) is 7.46. The number of rotatable bonds is 5. The molecule has 1 aliphatic rings. The van der Waals surface area contributed by atoms with Gasteiger partial charge in [-0.1, -0.05) is 16.4 Å². The van der Waals surface area contributed by atoms with Gasteiger partial charge in [0.25, 0.3) is 0 Å². The number of hydrogen-bond donors (Lipinski definition) is 0. The molecule has 28 heavy (non-hydrogen) atoms. The van der Waals surface area contributed by atoms with E-state index < -0.39 is 12.7 Å². The van der Waals surface area contributed by atoms with E-state index in [0.29, 0.717) is 23.2 Å². The molecule has 6 nitrogen and oxygen atoms in total. The number of piperidine rings is 1. The molecule has 1 fully saturated rings. The lowest BCUT2D eigenvalue weighted by Gasteiger charge is -2.31. The first-order valence-corrected chi connectivity index (χ1v) is 9.21. The molecule has 2 aromatic heterocycles. The van der Waals surface area contributed by atoms with Gasteiger partial charge < -0.3 is 9.30 Å². The second-order valence-corrected chi connectivity index (χ2v) is 7.14. The Bertz CT molecular complexity index is 942. The minimum atomic E-state index is -4.26. The molecule has 0 amide bonds. The summed E-state index contributed by atoms with van der Waals surface area (Å²) < 4.78 is 50.3. The molecule has 150 valence electrons. The minimum Gasteiger partial charge on any atom is -0.490 e. The van der Waals surface area contributed by atoms with Gasteiger partial charge in [-0.2, -0.15) is 13.2 Å². The van der Waals surface area contributed by atoms with Crippen LogP contribution in [0.1, 0.15) is 24.2 Å². The Morgan fingerprint density at radius 1 is 1.18 bits per heavy atom. The summed E-state index contributed by atoms with van der Waals surface area (Å²) >= 11 is 0. The van der Waals surface area contributed by atoms with Crippen LogP contribution in [0.4, 0.5) is 13.2 Å². The Labute approximate surface area is 159 Å². The third kappa shape index (κ3) is 4.14. The van der Waals surface area contributed by atoms with Crippen LogP contribution in [0, 0.1) is 6.92 Å². The zero-order valence-electron chi connectivity index (χ0n) is 15.4. The van der Waals surface area contributed by atoms with Crippen molar-refractivity contribution < 1.29 is 22.5 Å². The van der Waals surface area contributed by atoms with Crippen LogP contribution in [0.5, 0.6) is 5.75 Å². The summed E-state index contributed by atoms with van der Waals surface area (Å²) in [5, 5.41) is 8.42. The van der Waals surface area contributed by atoms with E-state index in [2.05, 4.69) is 15.2 Å². The number of fused-ring (bicyclic) bond motifs is 1. The Morgan fingerprint density at radius 2 is 1.96 bits per heavy atom. The van der Waals surface area contributed by atoms with Crippen molar-refractivity contribution in [2.75, 3.05) is 13.1 Å². The number of aryl methyl sites for hydroxylation is 1. The van der Waals surface area contributed by atoms with E-state index in [0.717, 1.165) is 37.3 Å². The van der Waals surface area contributed by atoms with Crippen molar-refractivity contribution in [2.45, 2.75) is 45.1 Å². The zero-order valence-corrected chi connectivity index (χ0v) is 15.4. The van der Waals surface area contributed by atoms with Crippen LogP contribution in [0.15, 0.2) is 35.1 Å². The molecule has 0 bridgehead atoms. The monoisotopic (exact) mass is 394 g/mol. The fraction of sp³-hybridized carbons (Fsp3) is 0.474. The fourth-order valence-corrected chi connectivity index (χ4v) is 3.60. The molecular formula is C19H21F3N4O2. The standard InChI is InChI=1S/C19H21F3N4O2/c1-13-16(24-28-23-13)11-25-8-5-14(6-9-25)27-18-4-2-3-17-15(18)7-10-26(17)12-19(20,21)22/h2-4,7,10,14H,5-6,8-9,11-12H2,1H3. The van der Waals surface area contributed by atoms with Gasteiger partial charge in [-0.05, 0) is 38.0 Å². The first-order valence-electron chi connectivity index (χ1n) is 9.21. The lowest BCUT2D eigenvalue weighted by molar-refractivity contribution is -0.139. The fourth-order valence-electron chi connectivity index (χ4n) is 3.60. The molecular weight excluding hydrogens is 373 g/mol. The summed E-state index contributed by atoms with van der Waals surface area (Å²) in [4.78, 5) is 2.27. The molecule has 1 saturated heterocycles. The van der Waals surface area contributed by atoms with Crippen LogP contribution in [-0.4, -0.2) is 45.2 Å². The van der Waals surface area contributed by atoms with E-state index >= 15 is 0 Å². The predicted molar refractivity (Wildman–Crippen MR) is 96.0 cm³/mol. The number of aromatic nitrogens is 3. The summed E-state index contributed by atoms with van der Waals surface area (Å²) in [5.41, 5.74) is 2.17. The van der Waals surface area contributed by atoms with E-state index in [1.54, 1.807) is 18.2 Å². The van der Waals surface area contributed by atoms with Crippen molar-refractivity contribution in [1.82, 2.24) is 19.8 Å². The van der Waals surface area contributed by atoms with Gasteiger partial charge in [0, 0.05) is 31.2 Å². The van der Waals surface area contributed by atoms with Crippen molar-refractivity contribution in [3.8, 4) is 5.75 Å². The lowest BCUT2D eigenvalue weighted by Crippen LogP contribution is -2.38. The topological polar surface area (TPSA) is 56.3 Å². The molecule has 0 N–H and O–H groups in total. The van der Waals surface area contributed by atoms with Crippen LogP contribution in [-0.2, 0) is 13.1 Å². The van der Waals surface area contributed by atoms with Gasteiger partial charge >= 0.3 is 6.18 Å². The molecule has 0 spiro atoms. The maximum atomic E-state index is 12.7. The number of hydrogen-bond acceptors (Lipinski definition) is 5. The number of alkyl halides is 3. The number of likely N-dealkylation sites (tertiary alicyclic amines) is 1. The molecule has 1 aliphatic heterocycles. The smallest absolute Gasteiger partial charge is 0.406 e. The van der Waals surface area contributed by atoms with Gasteiger partial charge in [0.15, 0.2) is 0 Å². The van der Waals surface area contributed by atoms with E-state index in [1.807, 2.05) is 13.0 Å². The highest BCUT2D eigenvalue weighted by molar-refractivity contribution is 5.86. The van der Waals surface area contributed by atoms with Gasteiger partial charge in [-0.15, -0.1) is 0 Å². The molecule has 1 aromatic carbocycles. The van der Waals surface area contributed by atoms with Crippen molar-refractivity contribution in [1.29, 1.82) is 0 Å². The molecule has 0 radical (unpaired) electrons. The largest absolute Gasteiger partial charge is 0.490 e. The average molecular weight is 394 g/mol. The van der Waals surface area contributed by atoms with E-state index in [1.165, 1.54) is 10.8 Å². The number of nitrogens with zero attached hydrogens (tertiary/aromatic N) is 4. The van der Waals surface area contributed by atoms with Crippen LogP contribution >= 0.6 is 0 Å². The molecule has 3 aromatic rings. The Morgan fingerprint density at radius 3 is 2.64 bits per heavy atom. The maximum absolute atomic E-state index is 12.7. The van der Waals surface area contributed by atoms with Gasteiger partial charge in [0.2, 0.25) is 0 Å². The summed E-state index contributed by atoms with van der Waals surface area (Å²) in [6, 6.07) is 6.92. The highest BCUT2D eigenvalue weighted by Gasteiger charge is 2.29. The van der Waals surface area contributed by atoms with Crippen LogP contribution in [0.25, 0.3) is 10.9 Å². The number of ether oxygens (including phenoxy) is 1. The van der Waals surface area contributed by atoms with Crippen LogP contribution in [0.2, 0.25) is 0 Å². The molecule has 0 saturated carbocycles. The second-order valence-electron chi connectivity index (χ2n) is 7.14. The normalized spacial score (nSPS) is 16.7. The van der Waals surface area contributed by atoms with E-state index in [-0.39, 0.29) is 6.10 Å². The summed E-state index contributed by atoms with van der Waals surface area (Å²) in [5.74, 6) is 0.633. The minimum absolute atomic E-state index is 0.0318. The first-order chi connectivity index (χ1) is 13.4. The van der Waals surface area contributed by atoms with Crippen molar-refractivity contribution >= 4 is 10.9 Å². The van der Waals surface area contributed by atoms with Gasteiger partial charge in [0.1, 0.15) is 29.8 Å². The van der Waals surface area contributed by atoms with Gasteiger partial charge in [-0.3, -0.25) is 4.90 Å². The molecule has 0 aliphatic carbocycles. The predicted octanol–water partition coefficient (Wildman–Crippen LogP) is 3.94. The van der Waals surface area contributed by atoms with Gasteiger partial charge in [-0.25, -0.2) is 4.63 Å². The SMILES string of the molecule is Cc1nonc1CN1CCC(Oc2cccc3c2ccn3CC(F)(F)F)CC1. The maximum Gasteiger partial charge on any atom is 0.406 e.